The molecule has 6 heteroatoms. The molecule has 0 fully saturated rings. The number of rotatable bonds is 8. The quantitative estimate of drug-likeness (QED) is 0.256. The molecule has 0 aliphatic heterocycles. The van der Waals surface area contributed by atoms with E-state index in [0.29, 0.717) is 0 Å². The van der Waals surface area contributed by atoms with Gasteiger partial charge in [0.15, 0.2) is 0 Å². The van der Waals surface area contributed by atoms with Gasteiger partial charge in [0, 0.05) is 0 Å². The topological polar surface area (TPSA) is 0 Å². The van der Waals surface area contributed by atoms with Gasteiger partial charge in [0.1, 0.15) is 0 Å². The highest BCUT2D eigenvalue weighted by molar-refractivity contribution is 9.51. The summed E-state index contributed by atoms with van der Waals surface area (Å²) in [6.07, 6.45) is 3.90. The molecule has 15 heavy (non-hydrogen) atoms. The zero-order valence-electron chi connectivity index (χ0n) is 9.46. The molecule has 0 unspecified atom stereocenters. The van der Waals surface area contributed by atoms with Crippen LogP contribution in [-0.4, -0.2) is 10.6 Å². The van der Waals surface area contributed by atoms with Gasteiger partial charge in [-0.2, -0.15) is 0 Å². The van der Waals surface area contributed by atoms with Crippen molar-refractivity contribution in [1.82, 2.24) is 0 Å². The van der Waals surface area contributed by atoms with Crippen LogP contribution in [0.1, 0.15) is 33.1 Å². The van der Waals surface area contributed by atoms with Crippen LogP contribution in [0.3, 0.4) is 0 Å². The Bertz CT molecular complexity index is 155. The van der Waals surface area contributed by atoms with Crippen LogP contribution in [0.15, 0.2) is 0 Å². The first kappa shape index (κ1) is 17.4. The van der Waals surface area contributed by atoms with Gasteiger partial charge >= 0.3 is 0 Å². The van der Waals surface area contributed by atoms with Crippen molar-refractivity contribution < 1.29 is 0 Å². The molecule has 0 aromatic rings. The van der Waals surface area contributed by atoms with E-state index in [1.165, 1.54) is 43.4 Å². The minimum Gasteiger partial charge on any atom is -0.111 e. The molecule has 0 spiro atoms. The highest BCUT2D eigenvalue weighted by Gasteiger charge is 2.29. The van der Waals surface area contributed by atoms with Gasteiger partial charge in [-0.1, -0.05) is 33.1 Å². The lowest BCUT2D eigenvalue weighted by molar-refractivity contribution is 0.991. The predicted molar refractivity (Wildman–Crippen MR) is 91.6 cm³/mol. The summed E-state index contributed by atoms with van der Waals surface area (Å²) in [6.45, 7) is 4.52. The molecule has 0 rings (SSSR count). The van der Waals surface area contributed by atoms with Crippen molar-refractivity contribution in [2.75, 3.05) is 0 Å². The Morgan fingerprint density at radius 3 is 1.27 bits per heavy atom. The van der Waals surface area contributed by atoms with Crippen molar-refractivity contribution in [1.29, 1.82) is 0 Å². The van der Waals surface area contributed by atoms with Gasteiger partial charge < -0.3 is 0 Å². The van der Waals surface area contributed by atoms with E-state index >= 15 is 0 Å². The summed E-state index contributed by atoms with van der Waals surface area (Å²) in [5.41, 5.74) is 0. The highest BCUT2D eigenvalue weighted by Crippen LogP contribution is 2.38. The van der Waals surface area contributed by atoms with Gasteiger partial charge in [0.2, 0.25) is 10.6 Å². The molecule has 0 aliphatic rings. The second kappa shape index (κ2) is 8.45. The number of halogens is 4. The standard InChI is InChI=1S/C9H20Br4Si2/c1-3-6-14(10,11)8-5-9-15(12,13)7-4-2/h3-9H2,1-2H3. The molecule has 0 amide bonds. The smallest absolute Gasteiger partial charge is 0.111 e. The van der Waals surface area contributed by atoms with Crippen LogP contribution in [0.5, 0.6) is 0 Å². The average Bonchev–Trinajstić information content (AvgIpc) is 2.02. The fourth-order valence-corrected chi connectivity index (χ4v) is 13.4. The highest BCUT2D eigenvalue weighted by atomic mass is 79.9. The van der Waals surface area contributed by atoms with Crippen molar-refractivity contribution in [2.45, 2.75) is 57.3 Å². The fraction of sp³-hybridized carbons (Fsp3) is 1.00. The minimum atomic E-state index is -1.22. The van der Waals surface area contributed by atoms with Crippen molar-refractivity contribution in [2.24, 2.45) is 0 Å². The first-order valence-corrected chi connectivity index (χ1v) is 19.4. The second-order valence-corrected chi connectivity index (χ2v) is 34.1. The lowest BCUT2D eigenvalue weighted by Gasteiger charge is -2.20. The van der Waals surface area contributed by atoms with Crippen molar-refractivity contribution in [3.63, 3.8) is 0 Å². The molecule has 92 valence electrons. The van der Waals surface area contributed by atoms with Gasteiger partial charge in [-0.15, -0.1) is 61.2 Å². The average molecular weight is 504 g/mol. The van der Waals surface area contributed by atoms with E-state index in [0.717, 1.165) is 0 Å². The van der Waals surface area contributed by atoms with Crippen LogP contribution >= 0.6 is 61.2 Å². The zero-order chi connectivity index (χ0) is 11.9. The largest absolute Gasteiger partial charge is 0.201 e. The summed E-state index contributed by atoms with van der Waals surface area (Å²) in [5, 5.41) is -2.44. The molecule has 0 aromatic heterocycles. The lowest BCUT2D eigenvalue weighted by Crippen LogP contribution is -2.20. The molecular weight excluding hydrogens is 484 g/mol. The molecule has 0 bridgehead atoms. The van der Waals surface area contributed by atoms with E-state index in [-0.39, 0.29) is 0 Å². The number of hydrogen-bond acceptors (Lipinski definition) is 0. The molecule has 0 radical (unpaired) electrons. The Balaban J connectivity index is 3.77. The lowest BCUT2D eigenvalue weighted by atomic mass is 10.6. The maximum absolute atomic E-state index is 3.89. The molecule has 0 atom stereocenters. The van der Waals surface area contributed by atoms with Crippen molar-refractivity contribution in [3.05, 3.63) is 0 Å². The normalized spacial score (nSPS) is 13.2. The Morgan fingerprint density at radius 2 is 1.00 bits per heavy atom. The SMILES string of the molecule is CCC[Si](Br)(Br)CCC[Si](Br)(Br)CCC. The van der Waals surface area contributed by atoms with Gasteiger partial charge in [-0.3, -0.25) is 0 Å². The zero-order valence-corrected chi connectivity index (χ0v) is 17.8. The van der Waals surface area contributed by atoms with E-state index < -0.39 is 10.6 Å². The molecule has 0 aliphatic carbocycles. The third-order valence-corrected chi connectivity index (χ3v) is 16.5. The van der Waals surface area contributed by atoms with Crippen LogP contribution < -0.4 is 0 Å². The maximum atomic E-state index is 3.89. The molecule has 0 saturated heterocycles. The van der Waals surface area contributed by atoms with E-state index in [4.69, 9.17) is 0 Å². The Morgan fingerprint density at radius 1 is 0.667 bits per heavy atom. The Kier molecular flexibility index (Phi) is 9.78. The van der Waals surface area contributed by atoms with Crippen molar-refractivity contribution >= 4 is 71.8 Å². The van der Waals surface area contributed by atoms with Crippen LogP contribution in [0.4, 0.5) is 0 Å². The summed E-state index contributed by atoms with van der Waals surface area (Å²) >= 11 is 15.6. The van der Waals surface area contributed by atoms with Crippen molar-refractivity contribution in [3.8, 4) is 0 Å². The summed E-state index contributed by atoms with van der Waals surface area (Å²) in [7, 11) is 0. The first-order chi connectivity index (χ1) is 6.83. The molecule has 0 heterocycles. The summed E-state index contributed by atoms with van der Waals surface area (Å²) in [6, 6.07) is 5.35. The van der Waals surface area contributed by atoms with Gasteiger partial charge in [-0.25, -0.2) is 0 Å². The van der Waals surface area contributed by atoms with Crippen LogP contribution in [0, 0.1) is 0 Å². The predicted octanol–water partition coefficient (Wildman–Crippen LogP) is 6.66. The monoisotopic (exact) mass is 500 g/mol. The fourth-order valence-electron chi connectivity index (χ4n) is 1.59. The molecule has 0 nitrogen and oxygen atoms in total. The van der Waals surface area contributed by atoms with Crippen LogP contribution in [0.25, 0.3) is 0 Å². The van der Waals surface area contributed by atoms with Crippen LogP contribution in [-0.2, 0) is 0 Å². The molecule has 0 N–H and O–H groups in total. The van der Waals surface area contributed by atoms with Gasteiger partial charge in [0.25, 0.3) is 0 Å². The third-order valence-electron chi connectivity index (χ3n) is 2.32. The number of hydrogen-bond donors (Lipinski definition) is 0. The first-order valence-electron chi connectivity index (χ1n) is 5.58. The van der Waals surface area contributed by atoms with E-state index in [1.807, 2.05) is 0 Å². The maximum Gasteiger partial charge on any atom is 0.201 e. The summed E-state index contributed by atoms with van der Waals surface area (Å²) < 4.78 is 0. The molecule has 0 aromatic carbocycles. The van der Waals surface area contributed by atoms with E-state index in [9.17, 15) is 0 Å². The minimum absolute atomic E-state index is 1.22. The van der Waals surface area contributed by atoms with Gasteiger partial charge in [0.05, 0.1) is 0 Å². The third kappa shape index (κ3) is 10.0. The van der Waals surface area contributed by atoms with E-state index in [1.54, 1.807) is 0 Å². The summed E-state index contributed by atoms with van der Waals surface area (Å²) in [4.78, 5) is 0. The van der Waals surface area contributed by atoms with Gasteiger partial charge in [-0.05, 0) is 24.2 Å². The summed E-state index contributed by atoms with van der Waals surface area (Å²) in [5.74, 6) is 0. The second-order valence-electron chi connectivity index (χ2n) is 4.07. The van der Waals surface area contributed by atoms with E-state index in [2.05, 4.69) is 75.0 Å². The molecular formula is C9H20Br4Si2. The Labute approximate surface area is 128 Å². The Hall–Kier alpha value is 2.35. The van der Waals surface area contributed by atoms with Crippen LogP contribution in [0.2, 0.25) is 24.2 Å². The molecule has 0 saturated carbocycles.